The fourth-order valence-electron chi connectivity index (χ4n) is 5.06. The van der Waals surface area contributed by atoms with Crippen LogP contribution < -0.4 is 5.32 Å². The summed E-state index contributed by atoms with van der Waals surface area (Å²) in [7, 11) is 0. The van der Waals surface area contributed by atoms with E-state index in [0.29, 0.717) is 57.8 Å². The van der Waals surface area contributed by atoms with Gasteiger partial charge in [-0.05, 0) is 53.9 Å². The van der Waals surface area contributed by atoms with E-state index in [4.69, 9.17) is 0 Å². The Bertz CT molecular complexity index is 1580. The zero-order valence-electron chi connectivity index (χ0n) is 25.8. The molecule has 46 heavy (non-hydrogen) atoms. The lowest BCUT2D eigenvalue weighted by Gasteiger charge is -2.27. The first-order valence-electron chi connectivity index (χ1n) is 15.4. The Morgan fingerprint density at radius 1 is 0.609 bits per heavy atom. The highest BCUT2D eigenvalue weighted by Crippen LogP contribution is 2.11. The van der Waals surface area contributed by atoms with Gasteiger partial charge in [-0.25, -0.2) is 4.98 Å². The summed E-state index contributed by atoms with van der Waals surface area (Å²) in [6.07, 6.45) is 10.9. The van der Waals surface area contributed by atoms with Crippen LogP contribution in [0, 0.1) is 0 Å². The fourth-order valence-corrected chi connectivity index (χ4v) is 5.06. The lowest BCUT2D eigenvalue weighted by atomic mass is 10.0. The third kappa shape index (κ3) is 10.8. The van der Waals surface area contributed by atoms with Crippen LogP contribution in [-0.2, 0) is 37.3 Å². The fraction of sp³-hybridized carbons (Fsp3) is 0.250. The summed E-state index contributed by atoms with van der Waals surface area (Å²) in [5.74, 6) is -0.108. The number of hydrogen-bond acceptors (Lipinski definition) is 9. The summed E-state index contributed by atoms with van der Waals surface area (Å²) >= 11 is 0. The van der Waals surface area contributed by atoms with Crippen molar-refractivity contribution in [2.75, 3.05) is 26.2 Å². The lowest BCUT2D eigenvalue weighted by molar-refractivity contribution is -0.119. The molecule has 4 aromatic heterocycles. The molecule has 0 bridgehead atoms. The third-order valence-corrected chi connectivity index (χ3v) is 7.39. The smallest absolute Gasteiger partial charge is 0.271 e. The van der Waals surface area contributed by atoms with Gasteiger partial charge in [0.15, 0.2) is 5.78 Å². The average Bonchev–Trinajstić information content (AvgIpc) is 3.09. The van der Waals surface area contributed by atoms with Crippen LogP contribution >= 0.6 is 0 Å². The van der Waals surface area contributed by atoms with Gasteiger partial charge in [-0.3, -0.25) is 39.3 Å². The summed E-state index contributed by atoms with van der Waals surface area (Å²) in [5.41, 5.74) is 5.23. The van der Waals surface area contributed by atoms with Gasteiger partial charge >= 0.3 is 0 Å². The molecule has 1 N–H and O–H groups in total. The van der Waals surface area contributed by atoms with Gasteiger partial charge in [0.05, 0.1) is 29.8 Å². The molecule has 0 radical (unpaired) electrons. The van der Waals surface area contributed by atoms with Gasteiger partial charge in [-0.15, -0.1) is 0 Å². The molecule has 10 nitrogen and oxygen atoms in total. The first-order valence-corrected chi connectivity index (χ1v) is 15.4. The van der Waals surface area contributed by atoms with E-state index in [0.717, 1.165) is 34.8 Å². The Kier molecular flexibility index (Phi) is 12.1. The van der Waals surface area contributed by atoms with Gasteiger partial charge in [0.1, 0.15) is 5.69 Å². The van der Waals surface area contributed by atoms with E-state index in [-0.39, 0.29) is 11.7 Å². The molecule has 0 aliphatic heterocycles. The van der Waals surface area contributed by atoms with Gasteiger partial charge in [0.2, 0.25) is 0 Å². The number of carbonyl (C=O) groups excluding carboxylic acids is 2. The van der Waals surface area contributed by atoms with Crippen molar-refractivity contribution in [2.45, 2.75) is 32.5 Å². The van der Waals surface area contributed by atoms with Crippen molar-refractivity contribution in [3.63, 3.8) is 0 Å². The minimum atomic E-state index is -0.248. The largest absolute Gasteiger partial charge is 0.350 e. The molecule has 1 amide bonds. The lowest BCUT2D eigenvalue weighted by Crippen LogP contribution is -2.38. The van der Waals surface area contributed by atoms with Gasteiger partial charge in [-0.1, -0.05) is 42.5 Å². The monoisotopic (exact) mass is 614 g/mol. The van der Waals surface area contributed by atoms with E-state index in [9.17, 15) is 9.59 Å². The van der Waals surface area contributed by atoms with Gasteiger partial charge in [0, 0.05) is 76.7 Å². The highest BCUT2D eigenvalue weighted by atomic mass is 16.2. The minimum absolute atomic E-state index is 0.140. The number of nitrogens with one attached hydrogen (secondary N) is 1. The predicted octanol–water partition coefficient (Wildman–Crippen LogP) is 3.95. The van der Waals surface area contributed by atoms with Gasteiger partial charge in [0.25, 0.3) is 5.91 Å². The molecular weight excluding hydrogens is 576 g/mol. The summed E-state index contributed by atoms with van der Waals surface area (Å²) in [4.78, 5) is 51.6. The van der Waals surface area contributed by atoms with Gasteiger partial charge < -0.3 is 5.32 Å². The molecule has 0 spiro atoms. The molecule has 10 heteroatoms. The minimum Gasteiger partial charge on any atom is -0.350 e. The van der Waals surface area contributed by atoms with Crippen LogP contribution in [0.1, 0.15) is 38.7 Å². The van der Waals surface area contributed by atoms with Crippen molar-refractivity contribution in [1.29, 1.82) is 0 Å². The molecule has 0 aliphatic carbocycles. The van der Waals surface area contributed by atoms with Crippen LogP contribution in [0.4, 0.5) is 0 Å². The van der Waals surface area contributed by atoms with E-state index in [2.05, 4.69) is 40.0 Å². The Labute approximate surface area is 269 Å². The maximum atomic E-state index is 13.4. The van der Waals surface area contributed by atoms with Crippen molar-refractivity contribution >= 4 is 11.7 Å². The second kappa shape index (κ2) is 17.3. The van der Waals surface area contributed by atoms with Crippen LogP contribution in [0.3, 0.4) is 0 Å². The summed E-state index contributed by atoms with van der Waals surface area (Å²) in [6.45, 7) is 4.14. The van der Waals surface area contributed by atoms with Crippen molar-refractivity contribution < 1.29 is 9.59 Å². The molecule has 0 saturated carbocycles. The van der Waals surface area contributed by atoms with Crippen molar-refractivity contribution in [3.8, 4) is 0 Å². The van der Waals surface area contributed by atoms with E-state index >= 15 is 0 Å². The molecule has 234 valence electrons. The molecular formula is C36H38N8O2. The Morgan fingerprint density at radius 2 is 1.17 bits per heavy atom. The van der Waals surface area contributed by atoms with E-state index in [1.807, 2.05) is 91.3 Å². The number of hydrogen-bond donors (Lipinski definition) is 1. The number of amides is 1. The Hall–Kier alpha value is -5.19. The van der Waals surface area contributed by atoms with Crippen LogP contribution in [-0.4, -0.2) is 72.6 Å². The molecule has 0 fully saturated rings. The van der Waals surface area contributed by atoms with E-state index in [1.165, 1.54) is 18.6 Å². The topological polar surface area (TPSA) is 117 Å². The highest BCUT2D eigenvalue weighted by molar-refractivity contribution is 5.91. The van der Waals surface area contributed by atoms with Crippen molar-refractivity contribution in [1.82, 2.24) is 40.0 Å². The third-order valence-electron chi connectivity index (χ3n) is 7.39. The molecule has 0 atom stereocenters. The summed E-state index contributed by atoms with van der Waals surface area (Å²) < 4.78 is 0. The molecule has 5 aromatic rings. The van der Waals surface area contributed by atoms with Crippen molar-refractivity contribution in [3.05, 3.63) is 150 Å². The number of pyridine rings is 3. The van der Waals surface area contributed by atoms with Crippen LogP contribution in [0.15, 0.2) is 116 Å². The first-order chi connectivity index (χ1) is 22.6. The Balaban J connectivity index is 1.17. The summed E-state index contributed by atoms with van der Waals surface area (Å²) in [5, 5.41) is 2.87. The highest BCUT2D eigenvalue weighted by Gasteiger charge is 2.16. The quantitative estimate of drug-likeness (QED) is 0.166. The van der Waals surface area contributed by atoms with Gasteiger partial charge in [-0.2, -0.15) is 0 Å². The predicted molar refractivity (Wildman–Crippen MR) is 175 cm³/mol. The number of nitrogens with zero attached hydrogens (tertiary/aromatic N) is 7. The normalized spacial score (nSPS) is 11.1. The maximum Gasteiger partial charge on any atom is 0.271 e. The van der Waals surface area contributed by atoms with E-state index < -0.39 is 0 Å². The number of Topliss-reactive ketones (excluding diaryl/α,β-unsaturated/α-hetero) is 1. The maximum absolute atomic E-state index is 13.4. The first kappa shape index (κ1) is 32.2. The number of carbonyl (C=O) groups is 2. The molecule has 0 unspecified atom stereocenters. The Morgan fingerprint density at radius 3 is 1.72 bits per heavy atom. The molecule has 0 aliphatic rings. The SMILES string of the molecule is O=C(Cc1ccc(CCNC(=O)c2cnccn2)cc1)CN(CCN(Cc1ccccn1)Cc1ccccn1)Cc1ccccn1. The number of aromatic nitrogens is 5. The molecule has 4 heterocycles. The number of rotatable bonds is 17. The zero-order valence-corrected chi connectivity index (χ0v) is 25.8. The zero-order chi connectivity index (χ0) is 31.8. The second-order valence-electron chi connectivity index (χ2n) is 11.0. The molecule has 0 saturated heterocycles. The van der Waals surface area contributed by atoms with E-state index in [1.54, 1.807) is 6.20 Å². The van der Waals surface area contributed by atoms with Crippen LogP contribution in [0.25, 0.3) is 0 Å². The summed E-state index contributed by atoms with van der Waals surface area (Å²) in [6, 6.07) is 25.8. The van der Waals surface area contributed by atoms with Crippen LogP contribution in [0.5, 0.6) is 0 Å². The number of benzene rings is 1. The number of ketones is 1. The van der Waals surface area contributed by atoms with Crippen molar-refractivity contribution in [2.24, 2.45) is 0 Å². The second-order valence-corrected chi connectivity index (χ2v) is 11.0. The molecule has 5 rings (SSSR count). The molecule has 1 aromatic carbocycles. The van der Waals surface area contributed by atoms with Crippen LogP contribution in [0.2, 0.25) is 0 Å². The average molecular weight is 615 g/mol. The standard InChI is InChI=1S/C36H38N8O2/c45-34(23-30-12-10-29(11-13-30)14-18-42-36(46)35-24-37-19-20-41-35)28-44(27-33-9-3-6-17-40-33)22-21-43(25-31-7-1-4-15-38-31)26-32-8-2-5-16-39-32/h1-13,15-17,19-20,24H,14,18,21-23,25-28H2,(H,42,46).